The third kappa shape index (κ3) is 2.17. The van der Waals surface area contributed by atoms with E-state index in [1.807, 2.05) is 0 Å². The van der Waals surface area contributed by atoms with Crippen molar-refractivity contribution in [3.05, 3.63) is 23.8 Å². The fourth-order valence-electron chi connectivity index (χ4n) is 0.907. The van der Waals surface area contributed by atoms with Crippen LogP contribution in [-0.2, 0) is 0 Å². The quantitative estimate of drug-likeness (QED) is 0.704. The lowest BCUT2D eigenvalue weighted by Crippen LogP contribution is -1.98. The first-order valence-electron chi connectivity index (χ1n) is 3.77. The van der Waals surface area contributed by atoms with Crippen LogP contribution in [0, 0.1) is 12.3 Å². The van der Waals surface area contributed by atoms with Gasteiger partial charge in [-0.25, -0.2) is 4.79 Å². The van der Waals surface area contributed by atoms with Gasteiger partial charge in [0.1, 0.15) is 23.7 Å². The summed E-state index contributed by atoms with van der Waals surface area (Å²) in [6.45, 7) is 0.0753. The molecule has 4 nitrogen and oxygen atoms in total. The molecule has 0 bridgehead atoms. The third-order valence-electron chi connectivity index (χ3n) is 1.52. The molecule has 4 heteroatoms. The van der Waals surface area contributed by atoms with Crippen molar-refractivity contribution in [1.29, 1.82) is 0 Å². The summed E-state index contributed by atoms with van der Waals surface area (Å²) in [6, 6.07) is 3.89. The Morgan fingerprint density at radius 1 is 1.57 bits per heavy atom. The lowest BCUT2D eigenvalue weighted by Gasteiger charge is -2.04. The summed E-state index contributed by atoms with van der Waals surface area (Å²) in [7, 11) is 0. The average Bonchev–Trinajstić information content (AvgIpc) is 2.14. The van der Waals surface area contributed by atoms with E-state index in [1.54, 1.807) is 0 Å². The van der Waals surface area contributed by atoms with Crippen LogP contribution in [0.15, 0.2) is 18.2 Å². The van der Waals surface area contributed by atoms with E-state index < -0.39 is 5.97 Å². The molecule has 0 heterocycles. The molecule has 0 fully saturated rings. The summed E-state index contributed by atoms with van der Waals surface area (Å²) in [6.07, 6.45) is 4.96. The molecule has 0 atom stereocenters. The highest BCUT2D eigenvalue weighted by atomic mass is 16.5. The Bertz CT molecular complexity index is 390. The van der Waals surface area contributed by atoms with Gasteiger partial charge >= 0.3 is 5.97 Å². The molecule has 0 aliphatic heterocycles. The van der Waals surface area contributed by atoms with E-state index in [1.165, 1.54) is 18.2 Å². The van der Waals surface area contributed by atoms with Gasteiger partial charge in [0.05, 0.1) is 0 Å². The van der Waals surface area contributed by atoms with E-state index in [-0.39, 0.29) is 17.9 Å². The molecule has 0 amide bonds. The second kappa shape index (κ2) is 4.19. The number of phenols is 1. The number of carboxylic acids is 1. The number of ether oxygens (including phenoxy) is 1. The van der Waals surface area contributed by atoms with Crippen LogP contribution in [-0.4, -0.2) is 22.8 Å². The molecule has 1 rings (SSSR count). The predicted octanol–water partition coefficient (Wildman–Crippen LogP) is 1.10. The van der Waals surface area contributed by atoms with Gasteiger partial charge in [-0.05, 0) is 12.1 Å². The molecule has 0 aliphatic rings. The van der Waals surface area contributed by atoms with Crippen LogP contribution < -0.4 is 4.74 Å². The van der Waals surface area contributed by atoms with E-state index in [4.69, 9.17) is 16.3 Å². The Morgan fingerprint density at radius 2 is 2.29 bits per heavy atom. The topological polar surface area (TPSA) is 66.8 Å². The van der Waals surface area contributed by atoms with E-state index >= 15 is 0 Å². The van der Waals surface area contributed by atoms with Crippen molar-refractivity contribution in [3.8, 4) is 23.8 Å². The van der Waals surface area contributed by atoms with Gasteiger partial charge in [0.15, 0.2) is 0 Å². The maximum atomic E-state index is 10.5. The van der Waals surface area contributed by atoms with Crippen molar-refractivity contribution in [1.82, 2.24) is 0 Å². The molecule has 1 aromatic rings. The zero-order valence-corrected chi connectivity index (χ0v) is 7.23. The Morgan fingerprint density at radius 3 is 2.79 bits per heavy atom. The van der Waals surface area contributed by atoms with E-state index in [9.17, 15) is 9.90 Å². The SMILES string of the molecule is C#CCOc1ccc(C(=O)O)c(O)c1. The molecule has 0 unspecified atom stereocenters. The highest BCUT2D eigenvalue weighted by Gasteiger charge is 2.09. The standard InChI is InChI=1S/C10H8O4/c1-2-5-14-7-3-4-8(10(12)13)9(11)6-7/h1,3-4,6,11H,5H2,(H,12,13). The van der Waals surface area contributed by atoms with Gasteiger partial charge in [-0.2, -0.15) is 0 Å². The number of aromatic hydroxyl groups is 1. The number of hydrogen-bond donors (Lipinski definition) is 2. The number of carboxylic acid groups (broad SMARTS) is 1. The summed E-state index contributed by atoms with van der Waals surface area (Å²) in [5.74, 6) is 1.06. The summed E-state index contributed by atoms with van der Waals surface area (Å²) in [5.41, 5.74) is -0.168. The molecular weight excluding hydrogens is 184 g/mol. The lowest BCUT2D eigenvalue weighted by atomic mass is 10.2. The number of benzene rings is 1. The van der Waals surface area contributed by atoms with Crippen LogP contribution in [0.2, 0.25) is 0 Å². The van der Waals surface area contributed by atoms with Gasteiger partial charge in [0.2, 0.25) is 0 Å². The maximum Gasteiger partial charge on any atom is 0.339 e. The fraction of sp³-hybridized carbons (Fsp3) is 0.100. The minimum absolute atomic E-state index is 0.0753. The van der Waals surface area contributed by atoms with Gasteiger partial charge < -0.3 is 14.9 Å². The fourth-order valence-corrected chi connectivity index (χ4v) is 0.907. The van der Waals surface area contributed by atoms with Gasteiger partial charge in [0, 0.05) is 6.07 Å². The third-order valence-corrected chi connectivity index (χ3v) is 1.52. The normalized spacial score (nSPS) is 9.07. The van der Waals surface area contributed by atoms with Crippen molar-refractivity contribution >= 4 is 5.97 Å². The minimum atomic E-state index is -1.19. The molecule has 0 saturated carbocycles. The first kappa shape index (κ1) is 9.93. The van der Waals surface area contributed by atoms with Gasteiger partial charge in [-0.3, -0.25) is 0 Å². The zero-order valence-electron chi connectivity index (χ0n) is 7.23. The van der Waals surface area contributed by atoms with Crippen molar-refractivity contribution in [2.45, 2.75) is 0 Å². The monoisotopic (exact) mass is 192 g/mol. The number of carbonyl (C=O) groups is 1. The summed E-state index contributed by atoms with van der Waals surface area (Å²) < 4.78 is 4.98. The van der Waals surface area contributed by atoms with Crippen molar-refractivity contribution in [2.75, 3.05) is 6.61 Å². The molecule has 1 aromatic carbocycles. The lowest BCUT2D eigenvalue weighted by molar-refractivity contribution is 0.0693. The number of rotatable bonds is 3. The molecule has 72 valence electrons. The van der Waals surface area contributed by atoms with Crippen LogP contribution in [0.25, 0.3) is 0 Å². The average molecular weight is 192 g/mol. The van der Waals surface area contributed by atoms with Crippen LogP contribution in [0.3, 0.4) is 0 Å². The minimum Gasteiger partial charge on any atom is -0.507 e. The number of terminal acetylenes is 1. The number of aromatic carboxylic acids is 1. The Hall–Kier alpha value is -2.15. The largest absolute Gasteiger partial charge is 0.507 e. The van der Waals surface area contributed by atoms with Crippen LogP contribution >= 0.6 is 0 Å². The van der Waals surface area contributed by atoms with Crippen molar-refractivity contribution in [3.63, 3.8) is 0 Å². The first-order valence-corrected chi connectivity index (χ1v) is 3.77. The van der Waals surface area contributed by atoms with Gasteiger partial charge in [0.25, 0.3) is 0 Å². The van der Waals surface area contributed by atoms with E-state index in [2.05, 4.69) is 5.92 Å². The van der Waals surface area contributed by atoms with Gasteiger partial charge in [-0.15, -0.1) is 6.42 Å². The molecular formula is C10H8O4. The molecule has 0 saturated heterocycles. The summed E-state index contributed by atoms with van der Waals surface area (Å²) >= 11 is 0. The molecule has 0 aromatic heterocycles. The second-order valence-corrected chi connectivity index (χ2v) is 2.48. The smallest absolute Gasteiger partial charge is 0.339 e. The molecule has 0 aliphatic carbocycles. The maximum absolute atomic E-state index is 10.5. The zero-order chi connectivity index (χ0) is 10.6. The van der Waals surface area contributed by atoms with Crippen molar-refractivity contribution in [2.24, 2.45) is 0 Å². The predicted molar refractivity (Wildman–Crippen MR) is 49.4 cm³/mol. The highest BCUT2D eigenvalue weighted by Crippen LogP contribution is 2.23. The molecule has 14 heavy (non-hydrogen) atoms. The van der Waals surface area contributed by atoms with E-state index in [0.717, 1.165) is 0 Å². The van der Waals surface area contributed by atoms with Crippen LogP contribution in [0.4, 0.5) is 0 Å². The van der Waals surface area contributed by atoms with Gasteiger partial charge in [-0.1, -0.05) is 5.92 Å². The first-order chi connectivity index (χ1) is 6.65. The second-order valence-electron chi connectivity index (χ2n) is 2.48. The molecule has 0 spiro atoms. The number of hydrogen-bond acceptors (Lipinski definition) is 3. The Labute approximate surface area is 80.8 Å². The van der Waals surface area contributed by atoms with Crippen molar-refractivity contribution < 1.29 is 19.7 Å². The summed E-state index contributed by atoms with van der Waals surface area (Å²) in [4.78, 5) is 10.5. The van der Waals surface area contributed by atoms with E-state index in [0.29, 0.717) is 5.75 Å². The van der Waals surface area contributed by atoms with Crippen LogP contribution in [0.5, 0.6) is 11.5 Å². The highest BCUT2D eigenvalue weighted by molar-refractivity contribution is 5.90. The Kier molecular flexibility index (Phi) is 2.97. The molecule has 0 radical (unpaired) electrons. The van der Waals surface area contributed by atoms with Crippen LogP contribution in [0.1, 0.15) is 10.4 Å². The summed E-state index contributed by atoms with van der Waals surface area (Å²) in [5, 5.41) is 17.8. The Balaban J connectivity index is 2.90. The molecule has 2 N–H and O–H groups in total.